The van der Waals surface area contributed by atoms with Crippen LogP contribution in [0.15, 0.2) is 24.3 Å². The molecular weight excluding hydrogens is 574 g/mol. The summed E-state index contributed by atoms with van der Waals surface area (Å²) in [6, 6.07) is 8.94. The van der Waals surface area contributed by atoms with Crippen LogP contribution < -0.4 is 25.9 Å². The van der Waals surface area contributed by atoms with Crippen LogP contribution in [-0.4, -0.2) is 21.2 Å². The molecule has 4 heteroatoms. The number of hydrogen-bond acceptors (Lipinski definition) is 2. The van der Waals surface area contributed by atoms with Crippen LogP contribution in [0.4, 0.5) is 0 Å². The Labute approximate surface area is 196 Å². The van der Waals surface area contributed by atoms with Crippen molar-refractivity contribution in [1.29, 1.82) is 0 Å². The van der Waals surface area contributed by atoms with Gasteiger partial charge in [-0.05, 0) is 0 Å². The predicted molar refractivity (Wildman–Crippen MR) is 122 cm³/mol. The standard InChI is InChI=1S/C24H37I2O2/c1-18(25)24(26-2)20-13-15-22(16-14-20)28-23(17-19-9-5-3-6-10-19)27-21-11-7-4-8-12-21/h13-16,18-19,21,23-24H,3-12,17H2,1-2H3/q-1. The van der Waals surface area contributed by atoms with Crippen molar-refractivity contribution in [2.24, 2.45) is 5.92 Å². The molecule has 2 nitrogen and oxygen atoms in total. The van der Waals surface area contributed by atoms with Crippen LogP contribution in [0, 0.1) is 5.92 Å². The molecule has 0 bridgehead atoms. The second kappa shape index (κ2) is 12.3. The summed E-state index contributed by atoms with van der Waals surface area (Å²) < 4.78 is 14.4. The molecule has 0 spiro atoms. The molecule has 0 saturated heterocycles. The average molecular weight is 611 g/mol. The van der Waals surface area contributed by atoms with E-state index in [-0.39, 0.29) is 27.5 Å². The molecule has 3 unspecified atom stereocenters. The zero-order valence-electron chi connectivity index (χ0n) is 17.5. The molecule has 2 saturated carbocycles. The first-order chi connectivity index (χ1) is 13.7. The molecule has 28 heavy (non-hydrogen) atoms. The molecule has 0 aliphatic heterocycles. The number of halogens is 2. The first-order valence-electron chi connectivity index (χ1n) is 11.2. The molecule has 0 N–H and O–H groups in total. The molecule has 0 amide bonds. The fraction of sp³-hybridized carbons (Fsp3) is 0.750. The van der Waals surface area contributed by atoms with E-state index in [0.717, 1.165) is 22.0 Å². The number of benzene rings is 1. The van der Waals surface area contributed by atoms with Crippen molar-refractivity contribution in [2.75, 3.05) is 4.93 Å². The van der Waals surface area contributed by atoms with Crippen molar-refractivity contribution >= 4 is 22.6 Å². The quantitative estimate of drug-likeness (QED) is 0.236. The van der Waals surface area contributed by atoms with E-state index in [9.17, 15) is 0 Å². The SMILES string of the molecule is C[I-]C(c1ccc(OC(CC2CCCCC2)OC2CCCCC2)cc1)C(C)I. The molecule has 0 aromatic heterocycles. The minimum absolute atomic E-state index is 0.0741. The van der Waals surface area contributed by atoms with Crippen LogP contribution in [-0.2, 0) is 4.74 Å². The molecule has 160 valence electrons. The van der Waals surface area contributed by atoms with Crippen molar-refractivity contribution in [3.05, 3.63) is 29.8 Å². The number of ether oxygens (including phenoxy) is 2. The second-order valence-corrected chi connectivity index (χ2v) is 13.1. The Hall–Kier alpha value is 0.440. The summed E-state index contributed by atoms with van der Waals surface area (Å²) in [5, 5.41) is 0. The Morgan fingerprint density at radius 2 is 1.57 bits per heavy atom. The summed E-state index contributed by atoms with van der Waals surface area (Å²) in [4.78, 5) is 2.39. The van der Waals surface area contributed by atoms with Crippen molar-refractivity contribution in [2.45, 2.75) is 97.8 Å². The number of hydrogen-bond donors (Lipinski definition) is 0. The van der Waals surface area contributed by atoms with E-state index in [4.69, 9.17) is 9.47 Å². The zero-order chi connectivity index (χ0) is 19.8. The third-order valence-electron chi connectivity index (χ3n) is 6.25. The van der Waals surface area contributed by atoms with E-state index in [1.807, 2.05) is 0 Å². The van der Waals surface area contributed by atoms with Crippen LogP contribution in [0.25, 0.3) is 0 Å². The molecule has 1 aromatic carbocycles. The van der Waals surface area contributed by atoms with Crippen LogP contribution in [0.5, 0.6) is 5.75 Å². The van der Waals surface area contributed by atoms with Gasteiger partial charge in [0.25, 0.3) is 0 Å². The van der Waals surface area contributed by atoms with Gasteiger partial charge in [0, 0.05) is 0 Å². The van der Waals surface area contributed by atoms with Gasteiger partial charge in [0.2, 0.25) is 0 Å². The monoisotopic (exact) mass is 611 g/mol. The molecule has 3 rings (SSSR count). The Balaban J connectivity index is 1.63. The average Bonchev–Trinajstić information content (AvgIpc) is 2.71. The Morgan fingerprint density at radius 1 is 0.964 bits per heavy atom. The van der Waals surface area contributed by atoms with Gasteiger partial charge in [-0.2, -0.15) is 0 Å². The summed E-state index contributed by atoms with van der Waals surface area (Å²) in [7, 11) is 0. The molecule has 2 aliphatic rings. The first-order valence-corrected chi connectivity index (χ1v) is 15.8. The van der Waals surface area contributed by atoms with Crippen molar-refractivity contribution < 1.29 is 30.7 Å². The summed E-state index contributed by atoms with van der Waals surface area (Å²) in [5.74, 6) is 1.75. The van der Waals surface area contributed by atoms with Crippen LogP contribution in [0.3, 0.4) is 0 Å². The van der Waals surface area contributed by atoms with Crippen molar-refractivity contribution in [3.8, 4) is 5.75 Å². The van der Waals surface area contributed by atoms with Gasteiger partial charge in [-0.15, -0.1) is 0 Å². The predicted octanol–water partition coefficient (Wildman–Crippen LogP) is 4.29. The normalized spacial score (nSPS) is 22.7. The van der Waals surface area contributed by atoms with E-state index in [2.05, 4.69) is 58.7 Å². The molecular formula is C24H37I2O2-. The Kier molecular flexibility index (Phi) is 10.2. The maximum atomic E-state index is 6.52. The topological polar surface area (TPSA) is 18.5 Å². The summed E-state index contributed by atoms with van der Waals surface area (Å²) in [6.07, 6.45) is 14.7. The van der Waals surface area contributed by atoms with Crippen molar-refractivity contribution in [1.82, 2.24) is 0 Å². The zero-order valence-corrected chi connectivity index (χ0v) is 21.9. The van der Waals surface area contributed by atoms with Gasteiger partial charge in [-0.25, -0.2) is 0 Å². The molecule has 0 radical (unpaired) electrons. The van der Waals surface area contributed by atoms with Gasteiger partial charge in [0.1, 0.15) is 0 Å². The molecule has 2 fully saturated rings. The van der Waals surface area contributed by atoms with E-state index in [1.54, 1.807) is 0 Å². The minimum atomic E-state index is -0.0741. The third-order valence-corrected chi connectivity index (χ3v) is 11.5. The van der Waals surface area contributed by atoms with E-state index in [1.165, 1.54) is 69.8 Å². The number of alkyl halides is 3. The van der Waals surface area contributed by atoms with Crippen LogP contribution in [0.2, 0.25) is 0 Å². The Bertz CT molecular complexity index is 528. The summed E-state index contributed by atoms with van der Waals surface area (Å²) in [5.41, 5.74) is 1.47. The molecule has 0 heterocycles. The van der Waals surface area contributed by atoms with E-state index >= 15 is 0 Å². The van der Waals surface area contributed by atoms with Gasteiger partial charge < -0.3 is 0 Å². The molecule has 1 aromatic rings. The second-order valence-electron chi connectivity index (χ2n) is 8.55. The summed E-state index contributed by atoms with van der Waals surface area (Å²) in [6.45, 7) is 2.33. The van der Waals surface area contributed by atoms with Crippen LogP contribution in [0.1, 0.15) is 87.0 Å². The first kappa shape index (κ1) is 23.1. The fourth-order valence-corrected chi connectivity index (χ4v) is 9.05. The maximum absolute atomic E-state index is 6.52. The third kappa shape index (κ3) is 7.29. The molecule has 3 atom stereocenters. The van der Waals surface area contributed by atoms with E-state index in [0.29, 0.717) is 10.0 Å². The van der Waals surface area contributed by atoms with Gasteiger partial charge >= 0.3 is 197 Å². The molecule has 2 aliphatic carbocycles. The Morgan fingerprint density at radius 3 is 2.14 bits per heavy atom. The fourth-order valence-electron chi connectivity index (χ4n) is 4.69. The van der Waals surface area contributed by atoms with Crippen molar-refractivity contribution in [3.63, 3.8) is 0 Å². The van der Waals surface area contributed by atoms with Gasteiger partial charge in [-0.3, -0.25) is 0 Å². The van der Waals surface area contributed by atoms with Crippen LogP contribution >= 0.6 is 22.6 Å². The van der Waals surface area contributed by atoms with Gasteiger partial charge in [0.05, 0.1) is 0 Å². The van der Waals surface area contributed by atoms with Gasteiger partial charge in [-0.1, -0.05) is 0 Å². The van der Waals surface area contributed by atoms with E-state index < -0.39 is 0 Å². The summed E-state index contributed by atoms with van der Waals surface area (Å²) >= 11 is 2.77. The van der Waals surface area contributed by atoms with Gasteiger partial charge in [0.15, 0.2) is 0 Å². The number of rotatable bonds is 9.